The lowest BCUT2D eigenvalue weighted by Crippen LogP contribution is -2.30. The highest BCUT2D eigenvalue weighted by Gasteiger charge is 2.33. The van der Waals surface area contributed by atoms with Crippen LogP contribution >= 0.6 is 0 Å². The summed E-state index contributed by atoms with van der Waals surface area (Å²) in [6.45, 7) is 36.8. The highest BCUT2D eigenvalue weighted by atomic mass is 14.4. The van der Waals surface area contributed by atoms with Gasteiger partial charge in [-0.05, 0) is 74.0 Å². The van der Waals surface area contributed by atoms with Gasteiger partial charge in [0.1, 0.15) is 0 Å². The topological polar surface area (TPSA) is 0 Å². The quantitative estimate of drug-likeness (QED) is 0.288. The second-order valence-electron chi connectivity index (χ2n) is 12.0. The molecule has 0 aromatic heterocycles. The number of aryl methyl sites for hydroxylation is 2. The third-order valence-electron chi connectivity index (χ3n) is 8.71. The average Bonchev–Trinajstić information content (AvgIpc) is 2.94. The van der Waals surface area contributed by atoms with Gasteiger partial charge in [0, 0.05) is 0 Å². The molecule has 1 fully saturated rings. The van der Waals surface area contributed by atoms with E-state index in [1.807, 2.05) is 27.7 Å². The number of allylic oxidation sites excluding steroid dienone is 5. The Bertz CT molecular complexity index is 764. The van der Waals surface area contributed by atoms with Gasteiger partial charge in [0.2, 0.25) is 0 Å². The van der Waals surface area contributed by atoms with Gasteiger partial charge in [0.05, 0.1) is 0 Å². The van der Waals surface area contributed by atoms with Gasteiger partial charge in [-0.15, -0.1) is 0 Å². The summed E-state index contributed by atoms with van der Waals surface area (Å²) in [5.74, 6) is 1.04. The SMILES string of the molecule is C=C(C)c1cc(CCC(/C=C\C)=C/C)ccc1C.CC.CC.CC1CCCCC1.CCC(C)(C)C(C)(C)CC. The van der Waals surface area contributed by atoms with Gasteiger partial charge in [-0.2, -0.15) is 0 Å². The smallest absolute Gasteiger partial charge is 0.0201 e. The van der Waals surface area contributed by atoms with Crippen LogP contribution in [0.25, 0.3) is 5.57 Å². The summed E-state index contributed by atoms with van der Waals surface area (Å²) in [6.07, 6.45) is 18.6. The van der Waals surface area contributed by atoms with Crippen molar-refractivity contribution in [2.45, 2.75) is 162 Å². The summed E-state index contributed by atoms with van der Waals surface area (Å²) in [5.41, 5.74) is 7.52. The van der Waals surface area contributed by atoms with E-state index >= 15 is 0 Å². The Hall–Kier alpha value is -1.56. The third-order valence-corrected chi connectivity index (χ3v) is 8.71. The minimum absolute atomic E-state index is 0.488. The van der Waals surface area contributed by atoms with Crippen LogP contribution in [0.5, 0.6) is 0 Å². The van der Waals surface area contributed by atoms with Crippen molar-refractivity contribution >= 4 is 5.57 Å². The molecule has 0 N–H and O–H groups in total. The Balaban J connectivity index is -0.000000519. The predicted molar refractivity (Wildman–Crippen MR) is 186 cm³/mol. The molecule has 0 bridgehead atoms. The van der Waals surface area contributed by atoms with Crippen molar-refractivity contribution in [1.29, 1.82) is 0 Å². The molecule has 0 spiro atoms. The molecule has 0 unspecified atom stereocenters. The normalized spacial score (nSPS) is 14.0. The zero-order valence-corrected chi connectivity index (χ0v) is 29.6. The molecular weight excluding hydrogens is 468 g/mol. The van der Waals surface area contributed by atoms with Crippen LogP contribution in [-0.2, 0) is 6.42 Å². The molecule has 0 amide bonds. The standard InChI is InChI=1S/C18H24.C10H22.C7H14.2C2H6/c1-6-8-16(7-2)11-12-17-10-9-15(5)18(13-17)14(3)4;1-7-9(3,4)10(5,6)8-2;1-7-5-3-2-4-6-7;2*1-2/h6-10,13H,3,11-12H2,1-2,4-5H3;7-8H2,1-6H3;7H,2-6H2,1H3;2*1-2H3/b8-6-,16-7+;;;;. The molecule has 0 aliphatic heterocycles. The molecule has 1 saturated carbocycles. The second-order valence-corrected chi connectivity index (χ2v) is 12.0. The summed E-state index contributed by atoms with van der Waals surface area (Å²) >= 11 is 0. The predicted octanol–water partition coefficient (Wildman–Crippen LogP) is 14.0. The summed E-state index contributed by atoms with van der Waals surface area (Å²) in [4.78, 5) is 0. The van der Waals surface area contributed by atoms with Gasteiger partial charge in [-0.1, -0.05) is 175 Å². The van der Waals surface area contributed by atoms with E-state index in [0.29, 0.717) is 10.8 Å². The molecule has 1 aliphatic rings. The van der Waals surface area contributed by atoms with Crippen LogP contribution in [0, 0.1) is 23.7 Å². The first-order chi connectivity index (χ1) is 18.3. The van der Waals surface area contributed by atoms with E-state index in [-0.39, 0.29) is 0 Å². The first-order valence-electron chi connectivity index (χ1n) is 16.4. The third kappa shape index (κ3) is 18.4. The van der Waals surface area contributed by atoms with E-state index in [4.69, 9.17) is 0 Å². The number of rotatable bonds is 8. The van der Waals surface area contributed by atoms with Crippen LogP contribution < -0.4 is 0 Å². The maximum absolute atomic E-state index is 4.05. The summed E-state index contributed by atoms with van der Waals surface area (Å²) in [5, 5.41) is 0. The summed E-state index contributed by atoms with van der Waals surface area (Å²) in [6, 6.07) is 6.70. The molecule has 0 atom stereocenters. The minimum Gasteiger partial charge on any atom is -0.0955 e. The van der Waals surface area contributed by atoms with E-state index < -0.39 is 0 Å². The van der Waals surface area contributed by atoms with E-state index in [1.54, 1.807) is 0 Å². The molecule has 39 heavy (non-hydrogen) atoms. The number of hydrogen-bond donors (Lipinski definition) is 0. The molecule has 0 heteroatoms. The average molecular weight is 541 g/mol. The number of hydrogen-bond acceptors (Lipinski definition) is 0. The van der Waals surface area contributed by atoms with Gasteiger partial charge in [-0.3, -0.25) is 0 Å². The van der Waals surface area contributed by atoms with E-state index in [2.05, 4.69) is 119 Å². The molecule has 0 saturated heterocycles. The Morgan fingerprint density at radius 1 is 0.897 bits per heavy atom. The molecule has 0 heterocycles. The molecule has 1 aromatic rings. The van der Waals surface area contributed by atoms with Crippen LogP contribution in [0.3, 0.4) is 0 Å². The molecular formula is C39H72. The lowest BCUT2D eigenvalue weighted by atomic mass is 9.65. The maximum atomic E-state index is 4.05. The Morgan fingerprint density at radius 2 is 1.38 bits per heavy atom. The van der Waals surface area contributed by atoms with Gasteiger partial charge in [0.15, 0.2) is 0 Å². The Morgan fingerprint density at radius 3 is 1.72 bits per heavy atom. The Kier molecular flexibility index (Phi) is 26.1. The first-order valence-corrected chi connectivity index (χ1v) is 16.4. The van der Waals surface area contributed by atoms with E-state index in [0.717, 1.165) is 24.3 Å². The van der Waals surface area contributed by atoms with Crippen molar-refractivity contribution in [3.8, 4) is 0 Å². The summed E-state index contributed by atoms with van der Waals surface area (Å²) in [7, 11) is 0. The van der Waals surface area contributed by atoms with Gasteiger partial charge in [-0.25, -0.2) is 0 Å². The minimum atomic E-state index is 0.488. The highest BCUT2D eigenvalue weighted by molar-refractivity contribution is 5.65. The molecule has 0 nitrogen and oxygen atoms in total. The van der Waals surface area contributed by atoms with Crippen molar-refractivity contribution in [1.82, 2.24) is 0 Å². The van der Waals surface area contributed by atoms with Gasteiger partial charge >= 0.3 is 0 Å². The summed E-state index contributed by atoms with van der Waals surface area (Å²) < 4.78 is 0. The second kappa shape index (κ2) is 24.3. The molecule has 1 aliphatic carbocycles. The van der Waals surface area contributed by atoms with Crippen molar-refractivity contribution in [2.24, 2.45) is 16.7 Å². The van der Waals surface area contributed by atoms with E-state index in [1.165, 1.54) is 67.2 Å². The van der Waals surface area contributed by atoms with Crippen molar-refractivity contribution in [2.75, 3.05) is 0 Å². The fourth-order valence-corrected chi connectivity index (χ4v) is 4.37. The van der Waals surface area contributed by atoms with Crippen LogP contribution in [0.4, 0.5) is 0 Å². The van der Waals surface area contributed by atoms with Crippen molar-refractivity contribution in [3.63, 3.8) is 0 Å². The zero-order chi connectivity index (χ0) is 31.1. The van der Waals surface area contributed by atoms with Crippen molar-refractivity contribution < 1.29 is 0 Å². The zero-order valence-electron chi connectivity index (χ0n) is 29.6. The van der Waals surface area contributed by atoms with Crippen LogP contribution in [-0.4, -0.2) is 0 Å². The van der Waals surface area contributed by atoms with Crippen molar-refractivity contribution in [3.05, 3.63) is 65.3 Å². The highest BCUT2D eigenvalue weighted by Crippen LogP contribution is 2.43. The lowest BCUT2D eigenvalue weighted by Gasteiger charge is -2.40. The fourth-order valence-electron chi connectivity index (χ4n) is 4.37. The van der Waals surface area contributed by atoms with Crippen LogP contribution in [0.15, 0.2) is 48.6 Å². The maximum Gasteiger partial charge on any atom is -0.0201 e. The van der Waals surface area contributed by atoms with E-state index in [9.17, 15) is 0 Å². The van der Waals surface area contributed by atoms with Gasteiger partial charge < -0.3 is 0 Å². The largest absolute Gasteiger partial charge is 0.0955 e. The fraction of sp³-hybridized carbons (Fsp3) is 0.692. The molecule has 228 valence electrons. The monoisotopic (exact) mass is 541 g/mol. The van der Waals surface area contributed by atoms with Crippen LogP contribution in [0.1, 0.15) is 165 Å². The number of benzene rings is 1. The lowest BCUT2D eigenvalue weighted by molar-refractivity contribution is 0.0998. The van der Waals surface area contributed by atoms with Gasteiger partial charge in [0.25, 0.3) is 0 Å². The Labute approximate surface area is 248 Å². The first kappa shape index (κ1) is 41.9. The molecule has 0 radical (unpaired) electrons. The van der Waals surface area contributed by atoms with Crippen LogP contribution in [0.2, 0.25) is 0 Å². The molecule has 1 aromatic carbocycles. The molecule has 2 rings (SSSR count).